The third-order valence-corrected chi connectivity index (χ3v) is 29.9. The average Bonchev–Trinajstić information content (AvgIpc) is 1.34. The number of nitrogens with one attached hydrogen (secondary N) is 2. The van der Waals surface area contributed by atoms with Gasteiger partial charge in [-0.2, -0.15) is 5.26 Å². The molecule has 19 atom stereocenters. The minimum atomic E-state index is -1.59. The van der Waals surface area contributed by atoms with Crippen molar-refractivity contribution in [2.24, 2.45) is 29.1 Å². The lowest BCUT2D eigenvalue weighted by Crippen LogP contribution is -2.59. The molecule has 0 spiro atoms. The molecule has 17 aliphatic rings. The number of amides is 1. The third-order valence-electron chi connectivity index (χ3n) is 29.9. The Morgan fingerprint density at radius 1 is 0.490 bits per heavy atom. The first-order chi connectivity index (χ1) is 69.2. The molecular formula is C114H88N8O23. The average molecular weight is 1940 g/mol. The summed E-state index contributed by atoms with van der Waals surface area (Å²) in [7, 11) is 0. The predicted octanol–water partition coefficient (Wildman–Crippen LogP) is 8.93. The van der Waals surface area contributed by atoms with Gasteiger partial charge >= 0.3 is 12.1 Å². The maximum atomic E-state index is 14.1. The van der Waals surface area contributed by atoms with Crippen LogP contribution in [0, 0.1) is 135 Å². The quantitative estimate of drug-likeness (QED) is 0.0184. The lowest BCUT2D eigenvalue weighted by atomic mass is 9.54. The topological polar surface area (TPSA) is 539 Å². The van der Waals surface area contributed by atoms with E-state index in [4.69, 9.17) is 56.6 Å². The second-order valence-corrected chi connectivity index (χ2v) is 38.5. The smallest absolute Gasteiger partial charge is 0.415 e. The summed E-state index contributed by atoms with van der Waals surface area (Å²) in [5, 5.41) is 104. The summed E-state index contributed by atoms with van der Waals surface area (Å²) < 4.78 is 35.5. The molecule has 31 heteroatoms. The fourth-order valence-electron chi connectivity index (χ4n) is 23.5. The summed E-state index contributed by atoms with van der Waals surface area (Å²) in [5.74, 6) is 41.0. The van der Waals surface area contributed by atoms with Crippen LogP contribution in [0.1, 0.15) is 196 Å². The zero-order valence-corrected chi connectivity index (χ0v) is 78.6. The molecule has 4 saturated heterocycles. The number of fused-ring (bicyclic) bond motifs is 14. The van der Waals surface area contributed by atoms with E-state index in [-0.39, 0.29) is 142 Å². The van der Waals surface area contributed by atoms with E-state index >= 15 is 0 Å². The largest absolute Gasteiger partial charge is 0.507 e. The number of anilines is 7. The van der Waals surface area contributed by atoms with Gasteiger partial charge < -0.3 is 103 Å². The number of aromatic hydroxyl groups is 3. The number of carbonyl (C=O) groups is 9. The Bertz CT molecular complexity index is 7820. The number of carbonyl (C=O) groups excluding carboxylic acids is 9. The Kier molecular flexibility index (Phi) is 22.3. The SMILES string of the molecule is C=CCOC(=O)N1c2c(cc(O)c3c2C(=O)c2ccc(N)cc2C3=O)[C@@]23O[C@@]2(C(C)C)[C@@H]1C#C/C=C\C#C[C@H]3O.CC(C)[C@@]12O[C@]13C1=CC(=O)C=C[C@@]1(C)C[C@H]2C#C/C=C\C#C[C@H]3O.CC(C)[C@@]12O[C@]13c1cc(O)c4c(c1N[C@H]2C#C/C=C\C#C[C@H]3O)C(=O)c1ccc(N)cc1C4=O.C[C@@H](O)[C@@]12O[C@]13c1cc(O)c4c(c1N[C@H]2C#C/C=C\C#C[C@H]3O)C(=O)c1ccc(N)cc1C4=O.N#CC1OC(=O)c2cc(N)ccc21. The Morgan fingerprint density at radius 2 is 0.869 bits per heavy atom. The summed E-state index contributed by atoms with van der Waals surface area (Å²) >= 11 is 0. The zero-order valence-electron chi connectivity index (χ0n) is 78.6. The molecular weight excluding hydrogens is 1850 g/mol. The number of aliphatic hydroxyl groups excluding tert-OH is 5. The van der Waals surface area contributed by atoms with Crippen LogP contribution in [0.2, 0.25) is 0 Å². The van der Waals surface area contributed by atoms with Crippen molar-refractivity contribution in [2.75, 3.05) is 45.1 Å². The van der Waals surface area contributed by atoms with Gasteiger partial charge in [0.15, 0.2) is 92.9 Å². The van der Waals surface area contributed by atoms with Crippen LogP contribution in [0.25, 0.3) is 0 Å². The van der Waals surface area contributed by atoms with Crippen molar-refractivity contribution in [3.63, 3.8) is 0 Å². The molecule has 24 rings (SSSR count). The number of rotatable bonds is 6. The number of benzene rings is 7. The number of phenols is 3. The van der Waals surface area contributed by atoms with Crippen molar-refractivity contribution in [2.45, 2.75) is 161 Å². The number of epoxide rings is 4. The van der Waals surface area contributed by atoms with Gasteiger partial charge in [-0.25, -0.2) is 9.59 Å². The molecule has 9 aliphatic carbocycles. The molecule has 0 radical (unpaired) electrons. The molecule has 18 N–H and O–H groups in total. The first-order valence-electron chi connectivity index (χ1n) is 46.3. The number of cyclic esters (lactones) is 1. The van der Waals surface area contributed by atoms with Gasteiger partial charge in [-0.05, 0) is 182 Å². The molecule has 145 heavy (non-hydrogen) atoms. The molecule has 722 valence electrons. The molecule has 8 aliphatic heterocycles. The summed E-state index contributed by atoms with van der Waals surface area (Å²) in [5.41, 5.74) is 17.3. The number of nitrogen functional groups attached to an aromatic ring is 4. The van der Waals surface area contributed by atoms with E-state index in [1.54, 1.807) is 54.7 Å². The van der Waals surface area contributed by atoms with Gasteiger partial charge in [-0.1, -0.05) is 168 Å². The van der Waals surface area contributed by atoms with E-state index in [0.717, 1.165) is 12.0 Å². The van der Waals surface area contributed by atoms with Crippen LogP contribution in [0.4, 0.5) is 44.6 Å². The molecule has 8 bridgehead atoms. The van der Waals surface area contributed by atoms with Gasteiger partial charge in [0.25, 0.3) is 0 Å². The fourth-order valence-corrected chi connectivity index (χ4v) is 23.5. The van der Waals surface area contributed by atoms with Gasteiger partial charge in [0.1, 0.15) is 64.9 Å². The lowest BCUT2D eigenvalue weighted by Gasteiger charge is -2.45. The van der Waals surface area contributed by atoms with Crippen LogP contribution in [-0.4, -0.2) is 177 Å². The van der Waals surface area contributed by atoms with Crippen LogP contribution in [0.5, 0.6) is 17.2 Å². The maximum absolute atomic E-state index is 14.1. The zero-order chi connectivity index (χ0) is 103. The summed E-state index contributed by atoms with van der Waals surface area (Å²) in [6.07, 6.45) is 11.9. The van der Waals surface area contributed by atoms with Crippen LogP contribution >= 0.6 is 0 Å². The number of ketones is 7. The highest BCUT2D eigenvalue weighted by atomic mass is 16.7. The summed E-state index contributed by atoms with van der Waals surface area (Å²) in [6, 6.07) is 21.3. The number of nitrogens with zero attached hydrogens (tertiary/aromatic N) is 2. The number of hydrogen-bond acceptors (Lipinski definition) is 30. The van der Waals surface area contributed by atoms with Crippen LogP contribution in [0.15, 0.2) is 176 Å². The van der Waals surface area contributed by atoms with Crippen molar-refractivity contribution >= 4 is 92.4 Å². The number of nitrogens with two attached hydrogens (primary N) is 4. The van der Waals surface area contributed by atoms with Crippen LogP contribution in [0.3, 0.4) is 0 Å². The Hall–Kier alpha value is -17.0. The van der Waals surface area contributed by atoms with E-state index in [1.165, 1.54) is 115 Å². The second-order valence-electron chi connectivity index (χ2n) is 38.5. The van der Waals surface area contributed by atoms with E-state index in [9.17, 15) is 84.0 Å². The molecule has 8 heterocycles. The second kappa shape index (κ2) is 33.8. The van der Waals surface area contributed by atoms with Gasteiger partial charge in [0.05, 0.1) is 68.0 Å². The minimum Gasteiger partial charge on any atom is -0.507 e. The third kappa shape index (κ3) is 13.3. The Labute approximate surface area is 829 Å². The van der Waals surface area contributed by atoms with Crippen molar-refractivity contribution < 1.29 is 112 Å². The number of phenolic OH excluding ortho intramolecular Hbond substituents is 3. The molecule has 7 aromatic carbocycles. The molecule has 7 aromatic rings. The number of ether oxygens (including phenoxy) is 6. The lowest BCUT2D eigenvalue weighted by molar-refractivity contribution is -0.110. The van der Waals surface area contributed by atoms with Gasteiger partial charge in [-0.15, -0.1) is 0 Å². The summed E-state index contributed by atoms with van der Waals surface area (Å²) in [6.45, 7) is 18.8. The molecule has 0 aromatic heterocycles. The summed E-state index contributed by atoms with van der Waals surface area (Å²) in [4.78, 5) is 120. The monoisotopic (exact) mass is 1940 g/mol. The fraction of sp³-hybridized carbons (Fsp3) is 0.281. The van der Waals surface area contributed by atoms with Crippen LogP contribution < -0.4 is 38.5 Å². The number of esters is 1. The number of hydrogen-bond donors (Lipinski definition) is 14. The standard InChI is InChI=1S/C31H24N2O7.C27H20N2O5.C26H18N2O6.C21H20O3.C9H6N2O2/c1-4-13-39-29(38)33-22-9-7-5-6-8-10-23(35)31(30(22,40-31)16(2)3)20-15-21(34)24-25(26(20)33)27(36)18-12-11-17(32)14-19(18)28(24)37;1-13(2)26-19-7-5-3-4-6-8-20(31)27(26,34-26)17-12-18(30)21-22(23(17)29-19)24(32)15-10-9-14(28)11-16(15)25(21)33;1-12(29)25-18-6-4-2-3-5-7-19(31)26(25,34-25)16-11-17(30)20-21(22(16)28-18)23(32)14-9-8-13(27)10-15(14)24(20)33;1-14(2)20-15-8-6-4-5-7-9-18(23)21(20,24-20)17-12-16(22)10-11-19(17,3)13-15;10-4-8-6-2-1-5(11)3-7(6)9(12)13-8/h4-6,11-12,14-16,22-23,34-35H,1,13,32H2,2-3H3;3-4,9-13,19-20,29-31H,28H2,1-2H3;2-3,8-12,18-19,28-31H,27H2,1H3;4-5,10-12,14-15,18,23H,13H2,1-3H3;1-3,8H,11H2/b6-5-;4-3-;3-2-;5-4-;/t22-,23+,30-,31-;19-,20+,26-,27-;12-,18+,19-,25+,26+;15-,18-,19+,20+,21+;/m0011./s1. The number of nitriles is 1. The van der Waals surface area contributed by atoms with Crippen LogP contribution in [-0.2, 0) is 50.0 Å². The molecule has 1 amide bonds. The van der Waals surface area contributed by atoms with Crippen molar-refractivity contribution in [1.29, 1.82) is 5.26 Å². The van der Waals surface area contributed by atoms with Crippen molar-refractivity contribution in [3.8, 4) is 118 Å². The minimum absolute atomic E-state index is 0.0278. The molecule has 5 fully saturated rings. The highest BCUT2D eigenvalue weighted by Gasteiger charge is 2.87. The van der Waals surface area contributed by atoms with Crippen molar-refractivity contribution in [3.05, 3.63) is 271 Å². The van der Waals surface area contributed by atoms with Gasteiger partial charge in [0, 0.05) is 83.8 Å². The normalized spacial score (nSPS) is 31.2. The number of aliphatic hydroxyl groups is 5. The van der Waals surface area contributed by atoms with Gasteiger partial charge in [-0.3, -0.25) is 38.5 Å². The molecule has 1 saturated carbocycles. The van der Waals surface area contributed by atoms with E-state index in [1.807, 2.05) is 39.8 Å². The highest BCUT2D eigenvalue weighted by molar-refractivity contribution is 6.34. The van der Waals surface area contributed by atoms with E-state index in [0.29, 0.717) is 39.4 Å². The Balaban J connectivity index is 0.000000114. The maximum Gasteiger partial charge on any atom is 0.415 e. The number of allylic oxidation sites excluding steroid dienone is 11. The molecule has 31 nitrogen and oxygen atoms in total. The predicted molar refractivity (Wildman–Crippen MR) is 525 cm³/mol. The van der Waals surface area contributed by atoms with Crippen molar-refractivity contribution in [1.82, 2.24) is 0 Å². The Morgan fingerprint density at radius 3 is 1.33 bits per heavy atom. The first kappa shape index (κ1) is 95.5. The van der Waals surface area contributed by atoms with E-state index < -0.39 is 158 Å². The first-order valence-corrected chi connectivity index (χ1v) is 46.3. The van der Waals surface area contributed by atoms with Gasteiger partial charge in [0.2, 0.25) is 6.10 Å². The molecule has 1 unspecified atom stereocenters. The highest BCUT2D eigenvalue weighted by Crippen LogP contribution is 2.75. The van der Waals surface area contributed by atoms with E-state index in [2.05, 4.69) is 133 Å².